The van der Waals surface area contributed by atoms with Gasteiger partial charge in [-0.1, -0.05) is 30.4 Å². The number of carbonyl (C=O) groups excluding carboxylic acids is 1. The minimum atomic E-state index is -0.366. The van der Waals surface area contributed by atoms with Gasteiger partial charge in [0.2, 0.25) is 0 Å². The number of para-hydroxylation sites is 1. The molecular formula is C36H42N4O2. The number of ether oxygens (including phenoxy) is 1. The Bertz CT molecular complexity index is 1640. The number of aromatic amines is 1. The number of allylic oxidation sites excluding steroid dienone is 3. The lowest BCUT2D eigenvalue weighted by Gasteiger charge is -2.59. The summed E-state index contributed by atoms with van der Waals surface area (Å²) in [6.45, 7) is 4.44. The van der Waals surface area contributed by atoms with Crippen molar-refractivity contribution >= 4 is 33.2 Å². The normalized spacial score (nSPS) is 39.2. The summed E-state index contributed by atoms with van der Waals surface area (Å²) in [7, 11) is 0. The number of H-pyrrole nitrogens is 1. The maximum Gasteiger partial charge on any atom is 0.133 e. The largest absolute Gasteiger partial charge is 0.353 e. The number of nitrogens with zero attached hydrogens (tertiary/aromatic N) is 3. The molecule has 7 heterocycles. The van der Waals surface area contributed by atoms with Gasteiger partial charge in [0, 0.05) is 53.8 Å². The van der Waals surface area contributed by atoms with Gasteiger partial charge in [-0.05, 0) is 101 Å². The second-order valence-corrected chi connectivity index (χ2v) is 14.1. The van der Waals surface area contributed by atoms with Crippen molar-refractivity contribution in [3.8, 4) is 0 Å². The molecule has 1 spiro atoms. The summed E-state index contributed by atoms with van der Waals surface area (Å²) in [5, 5.41) is 2.52. The molecule has 6 aliphatic rings. The third kappa shape index (κ3) is 3.55. The zero-order valence-electron chi connectivity index (χ0n) is 24.6. The maximum atomic E-state index is 12.8. The van der Waals surface area contributed by atoms with Crippen LogP contribution in [0.2, 0.25) is 0 Å². The molecule has 6 atom stereocenters. The number of benzene rings is 1. The van der Waals surface area contributed by atoms with E-state index in [0.29, 0.717) is 30.6 Å². The lowest BCUT2D eigenvalue weighted by molar-refractivity contribution is -0.180. The number of hydrogen-bond acceptors (Lipinski definition) is 5. The highest BCUT2D eigenvalue weighted by Gasteiger charge is 2.77. The van der Waals surface area contributed by atoms with Gasteiger partial charge in [0.1, 0.15) is 17.1 Å². The summed E-state index contributed by atoms with van der Waals surface area (Å²) in [6, 6.07) is 11.2. The molecule has 1 aliphatic carbocycles. The zero-order valence-corrected chi connectivity index (χ0v) is 24.6. The van der Waals surface area contributed by atoms with Gasteiger partial charge in [0.15, 0.2) is 0 Å². The van der Waals surface area contributed by atoms with Crippen LogP contribution >= 0.6 is 0 Å². The molecule has 6 heteroatoms. The van der Waals surface area contributed by atoms with E-state index >= 15 is 0 Å². The fourth-order valence-electron chi connectivity index (χ4n) is 10.5. The van der Waals surface area contributed by atoms with E-state index in [-0.39, 0.29) is 16.7 Å². The van der Waals surface area contributed by atoms with E-state index in [2.05, 4.69) is 63.3 Å². The summed E-state index contributed by atoms with van der Waals surface area (Å²) < 4.78 is 7.53. The molecular weight excluding hydrogens is 520 g/mol. The van der Waals surface area contributed by atoms with Gasteiger partial charge in [-0.25, -0.2) is 0 Å². The highest BCUT2D eigenvalue weighted by Crippen LogP contribution is 2.70. The Morgan fingerprint density at radius 2 is 1.88 bits per heavy atom. The van der Waals surface area contributed by atoms with E-state index in [1.54, 1.807) is 0 Å². The maximum absolute atomic E-state index is 12.8. The number of fused-ring (bicyclic) bond motifs is 4. The highest BCUT2D eigenvalue weighted by atomic mass is 16.6. The standard InChI is InChI=1S/C36H42N4O2/c41-25-10-9-20-40-33-34-23-36(40,17-13-25)42-35(33)16-7-3-1-2-4-8-19-39(24-34)21-15-29(34)28(22-35)31-32-27(14-18-37-31)26-11-5-6-12-30(26)38-32/h1,3,5-6,11-12,14,18,22,29,33,38H,2,4,7-10,13,15-17,19-21,23-24H2/b3-1-/t29-,33+,34-,35-,36-/m1/s1. The van der Waals surface area contributed by atoms with Crippen molar-refractivity contribution in [2.75, 3.05) is 26.2 Å². The topological polar surface area (TPSA) is 61.5 Å². The number of aromatic nitrogens is 2. The molecule has 0 saturated carbocycles. The smallest absolute Gasteiger partial charge is 0.133 e. The molecule has 5 aliphatic heterocycles. The van der Waals surface area contributed by atoms with Crippen LogP contribution in [0.3, 0.4) is 0 Å². The lowest BCUT2D eigenvalue weighted by atomic mass is 9.53. The molecule has 9 rings (SSSR count). The van der Waals surface area contributed by atoms with Crippen LogP contribution in [-0.2, 0) is 9.53 Å². The zero-order chi connectivity index (χ0) is 27.9. The Kier molecular flexibility index (Phi) is 5.71. The lowest BCUT2D eigenvalue weighted by Crippen LogP contribution is -2.65. The Morgan fingerprint density at radius 3 is 2.86 bits per heavy atom. The van der Waals surface area contributed by atoms with Gasteiger partial charge < -0.3 is 14.6 Å². The molecule has 2 aromatic heterocycles. The molecule has 4 fully saturated rings. The summed E-state index contributed by atoms with van der Waals surface area (Å²) >= 11 is 0. The summed E-state index contributed by atoms with van der Waals surface area (Å²) in [5.74, 6) is 0.850. The summed E-state index contributed by atoms with van der Waals surface area (Å²) in [4.78, 5) is 27.3. The minimum Gasteiger partial charge on any atom is -0.353 e. The van der Waals surface area contributed by atoms with E-state index in [1.807, 2.05) is 6.20 Å². The molecule has 4 saturated heterocycles. The molecule has 6 nitrogen and oxygen atoms in total. The summed E-state index contributed by atoms with van der Waals surface area (Å²) in [5.41, 5.74) is 4.28. The average molecular weight is 563 g/mol. The Labute approximate surface area is 248 Å². The van der Waals surface area contributed by atoms with Crippen LogP contribution in [0.5, 0.6) is 0 Å². The van der Waals surface area contributed by atoms with Gasteiger partial charge in [0.05, 0.1) is 17.3 Å². The predicted molar refractivity (Wildman–Crippen MR) is 166 cm³/mol. The van der Waals surface area contributed by atoms with Crippen molar-refractivity contribution < 1.29 is 9.53 Å². The van der Waals surface area contributed by atoms with E-state index in [0.717, 1.165) is 69.4 Å². The van der Waals surface area contributed by atoms with Crippen molar-refractivity contribution in [2.45, 2.75) is 88.0 Å². The van der Waals surface area contributed by atoms with Crippen molar-refractivity contribution in [3.05, 3.63) is 60.5 Å². The second-order valence-electron chi connectivity index (χ2n) is 14.1. The molecule has 1 aromatic carbocycles. The Balaban J connectivity index is 1.27. The molecule has 1 N–H and O–H groups in total. The monoisotopic (exact) mass is 562 g/mol. The third-order valence-electron chi connectivity index (χ3n) is 11.9. The number of pyridine rings is 1. The predicted octanol–water partition coefficient (Wildman–Crippen LogP) is 6.62. The van der Waals surface area contributed by atoms with Crippen LogP contribution in [-0.4, -0.2) is 69.1 Å². The minimum absolute atomic E-state index is 0.0988. The number of nitrogens with one attached hydrogen (secondary N) is 1. The van der Waals surface area contributed by atoms with Crippen molar-refractivity contribution in [1.82, 2.24) is 19.8 Å². The third-order valence-corrected chi connectivity index (χ3v) is 11.9. The van der Waals surface area contributed by atoms with Crippen molar-refractivity contribution in [2.24, 2.45) is 11.3 Å². The number of carbonyl (C=O) groups is 1. The van der Waals surface area contributed by atoms with Crippen molar-refractivity contribution in [1.29, 1.82) is 0 Å². The first-order valence-electron chi connectivity index (χ1n) is 16.6. The summed E-state index contributed by atoms with van der Waals surface area (Å²) in [6.07, 6.45) is 20.5. The van der Waals surface area contributed by atoms with Crippen LogP contribution in [0.25, 0.3) is 27.4 Å². The van der Waals surface area contributed by atoms with Gasteiger partial charge >= 0.3 is 0 Å². The first kappa shape index (κ1) is 25.7. The van der Waals surface area contributed by atoms with E-state index in [4.69, 9.17) is 9.72 Å². The number of ketones is 1. The number of rotatable bonds is 1. The number of piperidine rings is 1. The molecule has 42 heavy (non-hydrogen) atoms. The van der Waals surface area contributed by atoms with Gasteiger partial charge in [0.25, 0.3) is 0 Å². The highest BCUT2D eigenvalue weighted by molar-refractivity contribution is 6.09. The van der Waals surface area contributed by atoms with E-state index < -0.39 is 0 Å². The molecule has 5 bridgehead atoms. The van der Waals surface area contributed by atoms with Crippen LogP contribution in [0.1, 0.15) is 76.3 Å². The molecule has 3 aromatic rings. The molecule has 0 amide bonds. The van der Waals surface area contributed by atoms with Crippen LogP contribution < -0.4 is 0 Å². The molecule has 1 unspecified atom stereocenters. The fourth-order valence-corrected chi connectivity index (χ4v) is 10.5. The van der Waals surface area contributed by atoms with Gasteiger partial charge in [-0.3, -0.25) is 14.7 Å². The van der Waals surface area contributed by atoms with Gasteiger partial charge in [-0.15, -0.1) is 0 Å². The Hall–Kier alpha value is -2.80. The molecule has 218 valence electrons. The molecule has 0 radical (unpaired) electrons. The van der Waals surface area contributed by atoms with Crippen LogP contribution in [0.15, 0.2) is 54.8 Å². The SMILES string of the molecule is O=C1CCCN2[C@H]3[C@]45CN6CCCC/C=C\CC[C@]3(C=C(c3nccc7c3[nH]c3ccccc37)[C@H]4CC6)O[C@]2(CC1)C5. The van der Waals surface area contributed by atoms with Crippen LogP contribution in [0, 0.1) is 11.3 Å². The van der Waals surface area contributed by atoms with E-state index in [9.17, 15) is 4.79 Å². The van der Waals surface area contributed by atoms with E-state index in [1.165, 1.54) is 47.7 Å². The first-order chi connectivity index (χ1) is 20.6. The van der Waals surface area contributed by atoms with Gasteiger partial charge in [-0.2, -0.15) is 0 Å². The Morgan fingerprint density at radius 1 is 0.952 bits per heavy atom. The second kappa shape index (κ2) is 9.35. The quantitative estimate of drug-likeness (QED) is 0.338. The van der Waals surface area contributed by atoms with Crippen molar-refractivity contribution in [3.63, 3.8) is 0 Å². The fraction of sp³-hybridized carbons (Fsp3) is 0.556. The first-order valence-corrected chi connectivity index (χ1v) is 16.6. The number of Topliss-reactive ketones (excluding diaryl/α,β-unsaturated/α-hetero) is 1. The number of hydrogen-bond donors (Lipinski definition) is 1. The van der Waals surface area contributed by atoms with Crippen LogP contribution in [0.4, 0.5) is 0 Å². The average Bonchev–Trinajstić information content (AvgIpc) is 3.58.